The number of carbonyl (C=O) groups excluding carboxylic acids is 2. The quantitative estimate of drug-likeness (QED) is 0.437. The van der Waals surface area contributed by atoms with E-state index < -0.39 is 22.5 Å². The van der Waals surface area contributed by atoms with E-state index in [0.29, 0.717) is 10.6 Å². The molecule has 0 saturated heterocycles. The van der Waals surface area contributed by atoms with Gasteiger partial charge in [0.15, 0.2) is 5.78 Å². The summed E-state index contributed by atoms with van der Waals surface area (Å²) >= 11 is 18.2. The summed E-state index contributed by atoms with van der Waals surface area (Å²) in [6.45, 7) is -0.583. The number of ketones is 1. The predicted molar refractivity (Wildman–Crippen MR) is 129 cm³/mol. The number of rotatable bonds is 7. The number of nitrogens with one attached hydrogen (secondary N) is 1. The number of amides is 1. The van der Waals surface area contributed by atoms with Gasteiger partial charge in [0.2, 0.25) is 15.9 Å². The van der Waals surface area contributed by atoms with Crippen LogP contribution in [-0.2, 0) is 14.8 Å². The molecule has 0 aliphatic carbocycles. The third-order valence-corrected chi connectivity index (χ3v) is 6.59. The lowest BCUT2D eigenvalue weighted by molar-refractivity contribution is -0.114. The van der Waals surface area contributed by atoms with Gasteiger partial charge < -0.3 is 5.32 Å². The second-order valence-corrected chi connectivity index (χ2v) is 9.90. The van der Waals surface area contributed by atoms with Gasteiger partial charge >= 0.3 is 0 Å². The second-order valence-electron chi connectivity index (χ2n) is 6.78. The van der Waals surface area contributed by atoms with Crippen LogP contribution in [0.1, 0.15) is 15.9 Å². The first-order valence-corrected chi connectivity index (χ1v) is 12.2. The average Bonchev–Trinajstić information content (AvgIpc) is 2.75. The molecule has 0 saturated carbocycles. The molecule has 32 heavy (non-hydrogen) atoms. The maximum Gasteiger partial charge on any atom is 0.245 e. The lowest BCUT2D eigenvalue weighted by Crippen LogP contribution is -2.37. The van der Waals surface area contributed by atoms with E-state index in [-0.39, 0.29) is 32.8 Å². The molecule has 3 aromatic carbocycles. The Morgan fingerprint density at radius 2 is 1.62 bits per heavy atom. The molecule has 0 radical (unpaired) electrons. The van der Waals surface area contributed by atoms with Gasteiger partial charge in [-0.3, -0.25) is 13.9 Å². The van der Waals surface area contributed by atoms with Gasteiger partial charge in [-0.05, 0) is 30.3 Å². The van der Waals surface area contributed by atoms with Gasteiger partial charge in [-0.1, -0.05) is 71.2 Å². The number of hydrogen-bond donors (Lipinski definition) is 1. The number of benzene rings is 3. The molecule has 166 valence electrons. The monoisotopic (exact) mass is 510 g/mol. The first-order valence-electron chi connectivity index (χ1n) is 9.19. The molecule has 0 aliphatic heterocycles. The van der Waals surface area contributed by atoms with Crippen molar-refractivity contribution in [2.45, 2.75) is 0 Å². The molecule has 3 aromatic rings. The lowest BCUT2D eigenvalue weighted by Gasteiger charge is -2.23. The van der Waals surface area contributed by atoms with Crippen molar-refractivity contribution < 1.29 is 18.0 Å². The first kappa shape index (κ1) is 24.1. The van der Waals surface area contributed by atoms with Gasteiger partial charge in [-0.25, -0.2) is 8.42 Å². The summed E-state index contributed by atoms with van der Waals surface area (Å²) in [5.41, 5.74) is 0.838. The summed E-state index contributed by atoms with van der Waals surface area (Å²) in [5, 5.41) is 3.05. The van der Waals surface area contributed by atoms with Gasteiger partial charge in [0, 0.05) is 16.1 Å². The maximum atomic E-state index is 12.9. The van der Waals surface area contributed by atoms with Crippen LogP contribution in [0.4, 0.5) is 11.4 Å². The predicted octanol–water partition coefficient (Wildman–Crippen LogP) is 5.28. The van der Waals surface area contributed by atoms with E-state index in [2.05, 4.69) is 5.32 Å². The Hall–Kier alpha value is -2.58. The number of carbonyl (C=O) groups is 2. The summed E-state index contributed by atoms with van der Waals surface area (Å²) in [7, 11) is -3.88. The third kappa shape index (κ3) is 5.61. The highest BCUT2D eigenvalue weighted by Crippen LogP contribution is 2.33. The maximum absolute atomic E-state index is 12.9. The Labute approximate surface area is 200 Å². The standard InChI is InChI=1S/C22H17Cl3N2O4S/c1-32(30,31)27(19-9-5-8-17(24)21(19)25)13-20(28)26-18-11-10-15(23)12-16(18)22(29)14-6-3-2-4-7-14/h2-12H,13H2,1H3,(H,26,28). The molecule has 6 nitrogen and oxygen atoms in total. The normalized spacial score (nSPS) is 11.1. The molecular formula is C22H17Cl3N2O4S. The fourth-order valence-electron chi connectivity index (χ4n) is 2.94. The average molecular weight is 512 g/mol. The molecular weight excluding hydrogens is 495 g/mol. The topological polar surface area (TPSA) is 83.6 Å². The Morgan fingerprint density at radius 3 is 2.28 bits per heavy atom. The number of anilines is 2. The number of halogens is 3. The van der Waals surface area contributed by atoms with Crippen molar-refractivity contribution in [3.63, 3.8) is 0 Å². The summed E-state index contributed by atoms with van der Waals surface area (Å²) in [5.74, 6) is -1.03. The molecule has 0 unspecified atom stereocenters. The molecule has 0 bridgehead atoms. The van der Waals surface area contributed by atoms with Gasteiger partial charge in [-0.15, -0.1) is 0 Å². The molecule has 1 N–H and O–H groups in total. The Bertz CT molecular complexity index is 1280. The molecule has 0 atom stereocenters. The van der Waals surface area contributed by atoms with Crippen molar-refractivity contribution in [2.75, 3.05) is 22.4 Å². The third-order valence-electron chi connectivity index (χ3n) is 4.42. The van der Waals surface area contributed by atoms with E-state index in [1.54, 1.807) is 30.3 Å². The number of sulfonamides is 1. The van der Waals surface area contributed by atoms with Crippen LogP contribution < -0.4 is 9.62 Å². The van der Waals surface area contributed by atoms with Crippen LogP contribution in [0, 0.1) is 0 Å². The fraction of sp³-hybridized carbons (Fsp3) is 0.0909. The smallest absolute Gasteiger partial charge is 0.245 e. The highest BCUT2D eigenvalue weighted by molar-refractivity contribution is 7.92. The van der Waals surface area contributed by atoms with Crippen molar-refractivity contribution in [2.24, 2.45) is 0 Å². The first-order chi connectivity index (χ1) is 15.1. The Balaban J connectivity index is 1.91. The fourth-order valence-corrected chi connectivity index (χ4v) is 4.43. The van der Waals surface area contributed by atoms with Gasteiger partial charge in [0.05, 0.1) is 27.7 Å². The van der Waals surface area contributed by atoms with E-state index in [1.165, 1.54) is 36.4 Å². The lowest BCUT2D eigenvalue weighted by atomic mass is 10.0. The SMILES string of the molecule is CS(=O)(=O)N(CC(=O)Nc1ccc(Cl)cc1C(=O)c1ccccc1)c1cccc(Cl)c1Cl. The molecule has 10 heteroatoms. The van der Waals surface area contributed by atoms with E-state index in [1.807, 2.05) is 0 Å². The van der Waals surface area contributed by atoms with E-state index in [9.17, 15) is 18.0 Å². The van der Waals surface area contributed by atoms with Crippen molar-refractivity contribution in [1.29, 1.82) is 0 Å². The van der Waals surface area contributed by atoms with Crippen LogP contribution in [0.25, 0.3) is 0 Å². The largest absolute Gasteiger partial charge is 0.324 e. The zero-order chi connectivity index (χ0) is 23.5. The molecule has 0 aromatic heterocycles. The van der Waals surface area contributed by atoms with Crippen LogP contribution in [0.15, 0.2) is 66.7 Å². The van der Waals surface area contributed by atoms with Crippen molar-refractivity contribution >= 4 is 67.9 Å². The van der Waals surface area contributed by atoms with Crippen LogP contribution in [0.5, 0.6) is 0 Å². The minimum Gasteiger partial charge on any atom is -0.324 e. The molecule has 0 fully saturated rings. The molecule has 3 rings (SSSR count). The minimum absolute atomic E-state index is 0.00108. The number of hydrogen-bond acceptors (Lipinski definition) is 4. The highest BCUT2D eigenvalue weighted by atomic mass is 35.5. The van der Waals surface area contributed by atoms with Gasteiger partial charge in [0.1, 0.15) is 6.54 Å². The molecule has 0 heterocycles. The Morgan fingerprint density at radius 1 is 0.938 bits per heavy atom. The van der Waals surface area contributed by atoms with E-state index >= 15 is 0 Å². The van der Waals surface area contributed by atoms with Crippen molar-refractivity contribution in [3.8, 4) is 0 Å². The molecule has 0 spiro atoms. The van der Waals surface area contributed by atoms with Crippen molar-refractivity contribution in [1.82, 2.24) is 0 Å². The van der Waals surface area contributed by atoms with Crippen molar-refractivity contribution in [3.05, 3.63) is 92.9 Å². The van der Waals surface area contributed by atoms with Crippen LogP contribution in [0.2, 0.25) is 15.1 Å². The van der Waals surface area contributed by atoms with Gasteiger partial charge in [-0.2, -0.15) is 0 Å². The van der Waals surface area contributed by atoms with Gasteiger partial charge in [0.25, 0.3) is 0 Å². The van der Waals surface area contributed by atoms with E-state index in [0.717, 1.165) is 10.6 Å². The second kappa shape index (κ2) is 9.92. The molecule has 1 amide bonds. The molecule has 0 aliphatic rings. The minimum atomic E-state index is -3.88. The van der Waals surface area contributed by atoms with E-state index in [4.69, 9.17) is 34.8 Å². The Kier molecular flexibility index (Phi) is 7.46. The van der Waals surface area contributed by atoms with Crippen LogP contribution in [0.3, 0.4) is 0 Å². The summed E-state index contributed by atoms with van der Waals surface area (Å²) in [6.07, 6.45) is 0.949. The van der Waals surface area contributed by atoms with Crippen LogP contribution in [-0.4, -0.2) is 32.9 Å². The van der Waals surface area contributed by atoms with Crippen LogP contribution >= 0.6 is 34.8 Å². The zero-order valence-electron chi connectivity index (χ0n) is 16.7. The number of nitrogens with zero attached hydrogens (tertiary/aromatic N) is 1. The summed E-state index contributed by atoms with van der Waals surface area (Å²) in [6, 6.07) is 17.4. The zero-order valence-corrected chi connectivity index (χ0v) is 19.8. The summed E-state index contributed by atoms with van der Waals surface area (Å²) < 4.78 is 25.6. The summed E-state index contributed by atoms with van der Waals surface area (Å²) in [4.78, 5) is 25.7. The highest BCUT2D eigenvalue weighted by Gasteiger charge is 2.25.